The zero-order chi connectivity index (χ0) is 13.3. The molecule has 1 rings (SSSR count). The minimum atomic E-state index is -0.241. The maximum absolute atomic E-state index is 11.8. The van der Waals surface area contributed by atoms with Gasteiger partial charge in [0.25, 0.3) is 0 Å². The Morgan fingerprint density at radius 1 is 1.18 bits per heavy atom. The van der Waals surface area contributed by atoms with Gasteiger partial charge in [0.2, 0.25) is 5.91 Å². The summed E-state index contributed by atoms with van der Waals surface area (Å²) < 4.78 is 11.5. The third-order valence-corrected chi connectivity index (χ3v) is 2.40. The van der Waals surface area contributed by atoms with Crippen molar-refractivity contribution in [3.05, 3.63) is 0 Å². The van der Waals surface area contributed by atoms with Gasteiger partial charge in [-0.25, -0.2) is 0 Å². The third kappa shape index (κ3) is 5.04. The van der Waals surface area contributed by atoms with E-state index in [1.54, 1.807) is 4.90 Å². The number of hydrogen-bond acceptors (Lipinski definition) is 3. The van der Waals surface area contributed by atoms with Gasteiger partial charge in [0.05, 0.1) is 11.2 Å². The Labute approximate surface area is 104 Å². The van der Waals surface area contributed by atoms with E-state index in [1.165, 1.54) is 0 Å². The van der Waals surface area contributed by atoms with Gasteiger partial charge >= 0.3 is 0 Å². The van der Waals surface area contributed by atoms with Gasteiger partial charge in [0.1, 0.15) is 13.0 Å². The predicted octanol–water partition coefficient (Wildman–Crippen LogP) is 2.52. The summed E-state index contributed by atoms with van der Waals surface area (Å²) in [6.07, 6.45) is 1.16. The molecule has 1 aliphatic rings. The molecule has 0 saturated carbocycles. The molecule has 4 nitrogen and oxygen atoms in total. The lowest BCUT2D eigenvalue weighted by molar-refractivity contribution is -0.173. The van der Waals surface area contributed by atoms with E-state index in [9.17, 15) is 4.79 Å². The van der Waals surface area contributed by atoms with Crippen LogP contribution in [0.15, 0.2) is 0 Å². The quantitative estimate of drug-likeness (QED) is 0.764. The van der Waals surface area contributed by atoms with Crippen molar-refractivity contribution < 1.29 is 14.3 Å². The van der Waals surface area contributed by atoms with Crippen LogP contribution >= 0.6 is 0 Å². The van der Waals surface area contributed by atoms with Gasteiger partial charge < -0.3 is 9.47 Å². The van der Waals surface area contributed by atoms with Gasteiger partial charge in [0, 0.05) is 12.8 Å². The summed E-state index contributed by atoms with van der Waals surface area (Å²) >= 11 is 0. The first-order valence-electron chi connectivity index (χ1n) is 6.20. The van der Waals surface area contributed by atoms with Crippen LogP contribution in [0.3, 0.4) is 0 Å². The average Bonchev–Trinajstić information content (AvgIpc) is 2.40. The second kappa shape index (κ2) is 4.94. The summed E-state index contributed by atoms with van der Waals surface area (Å²) in [5, 5.41) is 0. The molecule has 1 unspecified atom stereocenters. The average molecular weight is 243 g/mol. The Hall–Kier alpha value is -0.610. The fraction of sp³-hybridized carbons (Fsp3) is 0.923. The Balaban J connectivity index is 2.57. The van der Waals surface area contributed by atoms with Crippen LogP contribution in [0, 0.1) is 0 Å². The molecular formula is C13H25NO3. The van der Waals surface area contributed by atoms with Crippen molar-refractivity contribution >= 4 is 5.91 Å². The Morgan fingerprint density at radius 3 is 2.24 bits per heavy atom. The standard InChI is InChI=1S/C13H25NO3/c1-12(2,3)16-9-14-10(15)7-8-11(14)17-13(4,5)6/h11H,7-9H2,1-6H3. The van der Waals surface area contributed by atoms with Gasteiger partial charge in [-0.2, -0.15) is 0 Å². The summed E-state index contributed by atoms with van der Waals surface area (Å²) in [7, 11) is 0. The molecule has 1 amide bonds. The number of carbonyl (C=O) groups excluding carboxylic acids is 1. The molecule has 0 N–H and O–H groups in total. The van der Waals surface area contributed by atoms with Crippen molar-refractivity contribution in [2.75, 3.05) is 6.73 Å². The first-order valence-corrected chi connectivity index (χ1v) is 6.20. The Kier molecular flexibility index (Phi) is 4.20. The molecule has 100 valence electrons. The lowest BCUT2D eigenvalue weighted by Gasteiger charge is -2.32. The molecule has 1 saturated heterocycles. The molecule has 0 aliphatic carbocycles. The van der Waals surface area contributed by atoms with Crippen molar-refractivity contribution in [3.63, 3.8) is 0 Å². The van der Waals surface area contributed by atoms with Crippen LogP contribution in [-0.2, 0) is 14.3 Å². The number of hydrogen-bond donors (Lipinski definition) is 0. The SMILES string of the molecule is CC(C)(C)OCN1C(=O)CCC1OC(C)(C)C. The van der Waals surface area contributed by atoms with Crippen LogP contribution < -0.4 is 0 Å². The zero-order valence-electron chi connectivity index (χ0n) is 11.9. The molecule has 1 atom stereocenters. The van der Waals surface area contributed by atoms with E-state index < -0.39 is 0 Å². The van der Waals surface area contributed by atoms with E-state index in [1.807, 2.05) is 41.5 Å². The number of likely N-dealkylation sites (tertiary alicyclic amines) is 1. The molecule has 1 fully saturated rings. The van der Waals surface area contributed by atoms with Crippen molar-refractivity contribution in [2.24, 2.45) is 0 Å². The van der Waals surface area contributed by atoms with Crippen molar-refractivity contribution in [1.29, 1.82) is 0 Å². The highest BCUT2D eigenvalue weighted by Crippen LogP contribution is 2.25. The highest BCUT2D eigenvalue weighted by molar-refractivity contribution is 5.78. The molecule has 1 heterocycles. The fourth-order valence-electron chi connectivity index (χ4n) is 1.66. The van der Waals surface area contributed by atoms with E-state index in [2.05, 4.69) is 0 Å². The lowest BCUT2D eigenvalue weighted by Crippen LogP contribution is -2.42. The van der Waals surface area contributed by atoms with E-state index in [0.717, 1.165) is 6.42 Å². The Morgan fingerprint density at radius 2 is 1.76 bits per heavy atom. The molecule has 0 bridgehead atoms. The Bertz CT molecular complexity index is 275. The van der Waals surface area contributed by atoms with E-state index in [4.69, 9.17) is 9.47 Å². The van der Waals surface area contributed by atoms with E-state index >= 15 is 0 Å². The van der Waals surface area contributed by atoms with Gasteiger partial charge in [-0.1, -0.05) is 0 Å². The summed E-state index contributed by atoms with van der Waals surface area (Å²) in [6, 6.07) is 0. The van der Waals surface area contributed by atoms with Gasteiger partial charge in [-0.05, 0) is 41.5 Å². The molecule has 17 heavy (non-hydrogen) atoms. The normalized spacial score (nSPS) is 22.4. The van der Waals surface area contributed by atoms with Crippen molar-refractivity contribution in [2.45, 2.75) is 71.8 Å². The van der Waals surface area contributed by atoms with Crippen LogP contribution in [0.4, 0.5) is 0 Å². The molecule has 0 aromatic carbocycles. The fourth-order valence-corrected chi connectivity index (χ4v) is 1.66. The number of rotatable bonds is 3. The molecule has 0 spiro atoms. The highest BCUT2D eigenvalue weighted by Gasteiger charge is 2.35. The van der Waals surface area contributed by atoms with Gasteiger partial charge in [0.15, 0.2) is 0 Å². The third-order valence-electron chi connectivity index (χ3n) is 2.40. The van der Waals surface area contributed by atoms with Crippen LogP contribution in [0.1, 0.15) is 54.4 Å². The summed E-state index contributed by atoms with van der Waals surface area (Å²) in [5.74, 6) is 0.114. The number of ether oxygens (including phenoxy) is 2. The second-order valence-corrected chi connectivity index (χ2v) is 6.47. The summed E-state index contributed by atoms with van der Waals surface area (Å²) in [5.41, 5.74) is -0.482. The largest absolute Gasteiger partial charge is 0.355 e. The highest BCUT2D eigenvalue weighted by atomic mass is 16.5. The predicted molar refractivity (Wildman–Crippen MR) is 66.4 cm³/mol. The summed E-state index contributed by atoms with van der Waals surface area (Å²) in [6.45, 7) is 12.2. The molecule has 4 heteroatoms. The molecular weight excluding hydrogens is 218 g/mol. The van der Waals surface area contributed by atoms with Gasteiger partial charge in [-0.3, -0.25) is 9.69 Å². The smallest absolute Gasteiger partial charge is 0.226 e. The monoisotopic (exact) mass is 243 g/mol. The molecule has 0 aromatic rings. The maximum Gasteiger partial charge on any atom is 0.226 e. The van der Waals surface area contributed by atoms with Crippen LogP contribution in [0.5, 0.6) is 0 Å². The van der Waals surface area contributed by atoms with E-state index in [0.29, 0.717) is 13.2 Å². The van der Waals surface area contributed by atoms with Crippen molar-refractivity contribution in [3.8, 4) is 0 Å². The van der Waals surface area contributed by atoms with Gasteiger partial charge in [-0.15, -0.1) is 0 Å². The minimum Gasteiger partial charge on any atom is -0.355 e. The maximum atomic E-state index is 11.8. The first-order chi connectivity index (χ1) is 7.58. The second-order valence-electron chi connectivity index (χ2n) is 6.47. The number of nitrogens with zero attached hydrogens (tertiary/aromatic N) is 1. The molecule has 0 aromatic heterocycles. The van der Waals surface area contributed by atoms with Crippen molar-refractivity contribution in [1.82, 2.24) is 4.90 Å². The van der Waals surface area contributed by atoms with Crippen LogP contribution in [0.2, 0.25) is 0 Å². The number of amides is 1. The zero-order valence-corrected chi connectivity index (χ0v) is 11.9. The molecule has 0 radical (unpaired) electrons. The number of carbonyl (C=O) groups is 1. The first kappa shape index (κ1) is 14.5. The van der Waals surface area contributed by atoms with Crippen LogP contribution in [0.25, 0.3) is 0 Å². The van der Waals surface area contributed by atoms with E-state index in [-0.39, 0.29) is 23.3 Å². The topological polar surface area (TPSA) is 38.8 Å². The van der Waals surface area contributed by atoms with Crippen LogP contribution in [-0.4, -0.2) is 35.0 Å². The summed E-state index contributed by atoms with van der Waals surface area (Å²) in [4.78, 5) is 13.4. The lowest BCUT2D eigenvalue weighted by atomic mass is 10.2. The minimum absolute atomic E-state index is 0.114. The molecule has 1 aliphatic heterocycles.